The van der Waals surface area contributed by atoms with E-state index in [1.807, 2.05) is 11.6 Å². The Bertz CT molecular complexity index is 275. The predicted molar refractivity (Wildman–Crippen MR) is 69.0 cm³/mol. The number of thiazole rings is 1. The smallest absolute Gasteiger partial charge is 0.0965 e. The Balaban J connectivity index is 2.37. The van der Waals surface area contributed by atoms with Crippen LogP contribution >= 0.6 is 11.3 Å². The number of hydrogen-bond donors (Lipinski definition) is 1. The van der Waals surface area contributed by atoms with Crippen LogP contribution in [0, 0.1) is 5.92 Å². The molecule has 1 N–H and O–H groups in total. The van der Waals surface area contributed by atoms with E-state index in [0.717, 1.165) is 13.2 Å². The van der Waals surface area contributed by atoms with Crippen LogP contribution in [0.5, 0.6) is 0 Å². The second-order valence-electron chi connectivity index (χ2n) is 4.49. The molecule has 0 saturated heterocycles. The zero-order valence-electron chi connectivity index (χ0n) is 10.6. The minimum absolute atomic E-state index is 0.424. The van der Waals surface area contributed by atoms with Crippen molar-refractivity contribution in [3.05, 3.63) is 16.6 Å². The molecule has 1 heterocycles. The van der Waals surface area contributed by atoms with Crippen molar-refractivity contribution in [2.45, 2.75) is 32.7 Å². The number of nitrogens with one attached hydrogen (secondary N) is 1. The molecule has 1 rings (SSSR count). The molecule has 0 radical (unpaired) electrons. The summed E-state index contributed by atoms with van der Waals surface area (Å²) in [7, 11) is 1.75. The van der Waals surface area contributed by atoms with E-state index in [2.05, 4.69) is 31.1 Å². The molecule has 92 valence electrons. The van der Waals surface area contributed by atoms with Gasteiger partial charge >= 0.3 is 0 Å². The van der Waals surface area contributed by atoms with Crippen LogP contribution in [-0.4, -0.2) is 31.3 Å². The highest BCUT2D eigenvalue weighted by Gasteiger charge is 2.15. The molecule has 4 heteroatoms. The van der Waals surface area contributed by atoms with Gasteiger partial charge in [0.1, 0.15) is 0 Å². The number of methoxy groups -OCH3 is 1. The van der Waals surface area contributed by atoms with Gasteiger partial charge in [-0.2, -0.15) is 0 Å². The molecule has 1 aromatic rings. The van der Waals surface area contributed by atoms with Crippen molar-refractivity contribution in [1.29, 1.82) is 0 Å². The summed E-state index contributed by atoms with van der Waals surface area (Å²) in [5.74, 6) is 1.06. The lowest BCUT2D eigenvalue weighted by Gasteiger charge is -2.23. The van der Waals surface area contributed by atoms with Gasteiger partial charge in [-0.05, 0) is 5.92 Å². The maximum absolute atomic E-state index is 5.21. The van der Waals surface area contributed by atoms with Gasteiger partial charge in [0.25, 0.3) is 0 Å². The van der Waals surface area contributed by atoms with Crippen molar-refractivity contribution in [1.82, 2.24) is 10.3 Å². The van der Waals surface area contributed by atoms with E-state index in [4.69, 9.17) is 4.74 Å². The zero-order chi connectivity index (χ0) is 12.0. The van der Waals surface area contributed by atoms with Gasteiger partial charge in [-0.25, -0.2) is 4.98 Å². The maximum atomic E-state index is 5.21. The topological polar surface area (TPSA) is 34.1 Å². The molecule has 2 unspecified atom stereocenters. The number of nitrogens with zero attached hydrogens (tertiary/aromatic N) is 1. The molecule has 0 fully saturated rings. The first-order chi connectivity index (χ1) is 7.65. The van der Waals surface area contributed by atoms with E-state index >= 15 is 0 Å². The first-order valence-electron chi connectivity index (χ1n) is 5.76. The summed E-state index contributed by atoms with van der Waals surface area (Å²) in [4.78, 5) is 4.33. The molecule has 0 aliphatic carbocycles. The van der Waals surface area contributed by atoms with Gasteiger partial charge in [0.15, 0.2) is 0 Å². The molecule has 3 nitrogen and oxygen atoms in total. The van der Waals surface area contributed by atoms with Gasteiger partial charge in [-0.1, -0.05) is 20.8 Å². The van der Waals surface area contributed by atoms with E-state index in [1.165, 1.54) is 5.01 Å². The van der Waals surface area contributed by atoms with Gasteiger partial charge in [-0.15, -0.1) is 11.3 Å². The molecule has 16 heavy (non-hydrogen) atoms. The van der Waals surface area contributed by atoms with Crippen LogP contribution in [0.2, 0.25) is 0 Å². The van der Waals surface area contributed by atoms with Crippen LogP contribution in [0.1, 0.15) is 31.7 Å². The summed E-state index contributed by atoms with van der Waals surface area (Å²) < 4.78 is 5.21. The Morgan fingerprint density at radius 2 is 2.19 bits per heavy atom. The lowest BCUT2D eigenvalue weighted by atomic mass is 10.0. The number of rotatable bonds is 7. The summed E-state index contributed by atoms with van der Waals surface area (Å²) in [5.41, 5.74) is 0. The lowest BCUT2D eigenvalue weighted by Crippen LogP contribution is -2.39. The summed E-state index contributed by atoms with van der Waals surface area (Å²) in [6, 6.07) is 0.424. The van der Waals surface area contributed by atoms with E-state index in [-0.39, 0.29) is 0 Å². The third-order valence-electron chi connectivity index (χ3n) is 2.71. The van der Waals surface area contributed by atoms with E-state index in [9.17, 15) is 0 Å². The minimum Gasteiger partial charge on any atom is -0.383 e. The van der Waals surface area contributed by atoms with Crippen molar-refractivity contribution in [2.24, 2.45) is 5.92 Å². The van der Waals surface area contributed by atoms with Gasteiger partial charge in [-0.3, -0.25) is 0 Å². The normalized spacial score (nSPS) is 15.3. The van der Waals surface area contributed by atoms with E-state index in [0.29, 0.717) is 17.9 Å². The zero-order valence-corrected chi connectivity index (χ0v) is 11.4. The van der Waals surface area contributed by atoms with Crippen LogP contribution in [-0.2, 0) is 4.74 Å². The molecule has 0 aromatic carbocycles. The molecule has 0 saturated carbocycles. The van der Waals surface area contributed by atoms with Crippen molar-refractivity contribution in [3.8, 4) is 0 Å². The van der Waals surface area contributed by atoms with E-state index < -0.39 is 0 Å². The Labute approximate surface area is 102 Å². The highest BCUT2D eigenvalue weighted by Crippen LogP contribution is 2.17. The average Bonchev–Trinajstić information content (AvgIpc) is 2.76. The molecule has 1 aromatic heterocycles. The van der Waals surface area contributed by atoms with Crippen LogP contribution in [0.4, 0.5) is 0 Å². The van der Waals surface area contributed by atoms with Gasteiger partial charge in [0, 0.05) is 37.2 Å². The molecule has 0 aliphatic rings. The van der Waals surface area contributed by atoms with Crippen LogP contribution < -0.4 is 5.32 Å². The molecule has 2 atom stereocenters. The lowest BCUT2D eigenvalue weighted by molar-refractivity contribution is 0.146. The predicted octanol–water partition coefficient (Wildman–Crippen LogP) is 2.51. The van der Waals surface area contributed by atoms with Crippen LogP contribution in [0.15, 0.2) is 11.6 Å². The summed E-state index contributed by atoms with van der Waals surface area (Å²) in [6.45, 7) is 8.35. The second-order valence-corrected chi connectivity index (χ2v) is 5.41. The number of ether oxygens (including phenoxy) is 1. The van der Waals surface area contributed by atoms with Crippen molar-refractivity contribution in [2.75, 3.05) is 20.3 Å². The number of hydrogen-bond acceptors (Lipinski definition) is 4. The maximum Gasteiger partial charge on any atom is 0.0965 e. The fourth-order valence-corrected chi connectivity index (χ4v) is 2.26. The fourth-order valence-electron chi connectivity index (χ4n) is 1.56. The van der Waals surface area contributed by atoms with Crippen molar-refractivity contribution >= 4 is 11.3 Å². The quantitative estimate of drug-likeness (QED) is 0.797. The molecule has 0 spiro atoms. The Kier molecular flexibility index (Phi) is 5.95. The Morgan fingerprint density at radius 3 is 2.69 bits per heavy atom. The van der Waals surface area contributed by atoms with Crippen molar-refractivity contribution < 1.29 is 4.74 Å². The highest BCUT2D eigenvalue weighted by molar-refractivity contribution is 7.09. The summed E-state index contributed by atoms with van der Waals surface area (Å²) >= 11 is 1.72. The van der Waals surface area contributed by atoms with Crippen LogP contribution in [0.3, 0.4) is 0 Å². The monoisotopic (exact) mass is 242 g/mol. The first-order valence-corrected chi connectivity index (χ1v) is 6.64. The highest BCUT2D eigenvalue weighted by atomic mass is 32.1. The molecule has 0 amide bonds. The molecular weight excluding hydrogens is 220 g/mol. The fraction of sp³-hybridized carbons (Fsp3) is 0.750. The van der Waals surface area contributed by atoms with Gasteiger partial charge in [0.2, 0.25) is 0 Å². The van der Waals surface area contributed by atoms with E-state index in [1.54, 1.807) is 18.4 Å². The first kappa shape index (κ1) is 13.6. The SMILES string of the molecule is COCC(NCC(C)c1nccs1)C(C)C. The Morgan fingerprint density at radius 1 is 1.44 bits per heavy atom. The molecule has 0 aliphatic heterocycles. The summed E-state index contributed by atoms with van der Waals surface area (Å²) in [5, 5.41) is 6.78. The molecule has 0 bridgehead atoms. The standard InChI is InChI=1S/C12H22N2OS/c1-9(2)11(8-15-4)14-7-10(3)12-13-5-6-16-12/h5-6,9-11,14H,7-8H2,1-4H3. The average molecular weight is 242 g/mol. The van der Waals surface area contributed by atoms with Gasteiger partial charge < -0.3 is 10.1 Å². The van der Waals surface area contributed by atoms with Crippen LogP contribution in [0.25, 0.3) is 0 Å². The third-order valence-corrected chi connectivity index (χ3v) is 3.72. The molecular formula is C12H22N2OS. The minimum atomic E-state index is 0.424. The largest absolute Gasteiger partial charge is 0.383 e. The van der Waals surface area contributed by atoms with Gasteiger partial charge in [0.05, 0.1) is 11.6 Å². The Hall–Kier alpha value is -0.450. The second kappa shape index (κ2) is 6.99. The summed E-state index contributed by atoms with van der Waals surface area (Å²) in [6.07, 6.45) is 1.87. The number of aromatic nitrogens is 1. The third kappa shape index (κ3) is 4.20. The van der Waals surface area contributed by atoms with Crippen molar-refractivity contribution in [3.63, 3.8) is 0 Å².